The van der Waals surface area contributed by atoms with Crippen molar-refractivity contribution in [3.63, 3.8) is 0 Å². The second-order valence-corrected chi connectivity index (χ2v) is 7.87. The molecule has 0 aromatic carbocycles. The summed E-state index contributed by atoms with van der Waals surface area (Å²) >= 11 is 5.09. The van der Waals surface area contributed by atoms with E-state index < -0.39 is 11.6 Å². The lowest BCUT2D eigenvalue weighted by molar-refractivity contribution is -0.157. The van der Waals surface area contributed by atoms with Crippen molar-refractivity contribution in [2.45, 2.75) is 52.2 Å². The third-order valence-electron chi connectivity index (χ3n) is 4.25. The Balaban J connectivity index is 2.32. The summed E-state index contributed by atoms with van der Waals surface area (Å²) in [6, 6.07) is 1.54. The molecule has 0 radical (unpaired) electrons. The number of thiophene rings is 1. The minimum Gasteiger partial charge on any atom is -0.342 e. The smallest absolute Gasteiger partial charge is 0.246 e. The molecule has 1 fully saturated rings. The Morgan fingerprint density at radius 2 is 2.14 bits per heavy atom. The van der Waals surface area contributed by atoms with Gasteiger partial charge in [0.25, 0.3) is 0 Å². The first-order chi connectivity index (χ1) is 9.78. The minimum atomic E-state index is -0.829. The highest BCUT2D eigenvalue weighted by Crippen LogP contribution is 2.31. The lowest BCUT2D eigenvalue weighted by Crippen LogP contribution is -2.69. The molecule has 116 valence electrons. The van der Waals surface area contributed by atoms with E-state index in [0.29, 0.717) is 6.54 Å². The average Bonchev–Trinajstić information content (AvgIpc) is 2.84. The van der Waals surface area contributed by atoms with Crippen LogP contribution in [0.15, 0.2) is 15.9 Å². The monoisotopic (exact) mass is 372 g/mol. The second-order valence-electron chi connectivity index (χ2n) is 6.01. The molecule has 1 aromatic rings. The molecule has 2 rings (SSSR count). The molecule has 21 heavy (non-hydrogen) atoms. The summed E-state index contributed by atoms with van der Waals surface area (Å²) in [5.74, 6) is 0.0566. The lowest BCUT2D eigenvalue weighted by Gasteiger charge is -2.45. The first-order valence-corrected chi connectivity index (χ1v) is 8.80. The van der Waals surface area contributed by atoms with E-state index in [1.807, 2.05) is 25.3 Å². The van der Waals surface area contributed by atoms with Gasteiger partial charge in [0, 0.05) is 9.35 Å². The van der Waals surface area contributed by atoms with E-state index in [4.69, 9.17) is 0 Å². The molecular formula is C15H21BrN2O2S. The van der Waals surface area contributed by atoms with Crippen molar-refractivity contribution in [3.8, 4) is 0 Å². The maximum Gasteiger partial charge on any atom is 0.246 e. The normalized spacial score (nSPS) is 23.1. The fourth-order valence-electron chi connectivity index (χ4n) is 2.42. The standard InChI is InChI=1S/C15H21BrN2O2S/c1-5-9(2)12-13(19)18(15(3,4)14(20)17-12)8-11-10(16)6-7-21-11/h6-7,9,12H,5,8H2,1-4H3,(H,17,20). The van der Waals surface area contributed by atoms with Crippen molar-refractivity contribution in [3.05, 3.63) is 20.8 Å². The van der Waals surface area contributed by atoms with E-state index in [-0.39, 0.29) is 17.7 Å². The fourth-order valence-corrected chi connectivity index (χ4v) is 3.89. The fraction of sp³-hybridized carbons (Fsp3) is 0.600. The zero-order valence-corrected chi connectivity index (χ0v) is 15.2. The largest absolute Gasteiger partial charge is 0.342 e. The topological polar surface area (TPSA) is 49.4 Å². The quantitative estimate of drug-likeness (QED) is 0.882. The van der Waals surface area contributed by atoms with Crippen molar-refractivity contribution < 1.29 is 9.59 Å². The molecule has 1 saturated heterocycles. The zero-order chi connectivity index (χ0) is 15.8. The van der Waals surface area contributed by atoms with Gasteiger partial charge in [-0.05, 0) is 47.1 Å². The number of rotatable bonds is 4. The van der Waals surface area contributed by atoms with Gasteiger partial charge in [0.2, 0.25) is 11.8 Å². The molecule has 2 atom stereocenters. The van der Waals surface area contributed by atoms with Crippen molar-refractivity contribution >= 4 is 39.1 Å². The van der Waals surface area contributed by atoms with Crippen LogP contribution >= 0.6 is 27.3 Å². The predicted octanol–water partition coefficient (Wildman–Crippen LogP) is 3.16. The maximum atomic E-state index is 12.8. The number of amides is 2. The van der Waals surface area contributed by atoms with Crippen LogP contribution in [0, 0.1) is 5.92 Å². The molecule has 1 aliphatic rings. The van der Waals surface area contributed by atoms with Crippen LogP contribution in [0.25, 0.3) is 0 Å². The molecule has 0 bridgehead atoms. The van der Waals surface area contributed by atoms with E-state index in [1.165, 1.54) is 0 Å². The van der Waals surface area contributed by atoms with Crippen molar-refractivity contribution in [1.29, 1.82) is 0 Å². The van der Waals surface area contributed by atoms with Crippen LogP contribution in [0.1, 0.15) is 39.0 Å². The van der Waals surface area contributed by atoms with Crippen LogP contribution in [-0.4, -0.2) is 28.3 Å². The third kappa shape index (κ3) is 3.01. The summed E-state index contributed by atoms with van der Waals surface area (Å²) in [5.41, 5.74) is -0.829. The molecule has 2 unspecified atom stereocenters. The number of hydrogen-bond donors (Lipinski definition) is 1. The van der Waals surface area contributed by atoms with E-state index in [0.717, 1.165) is 15.8 Å². The second kappa shape index (κ2) is 6.08. The van der Waals surface area contributed by atoms with Gasteiger partial charge in [-0.1, -0.05) is 20.3 Å². The van der Waals surface area contributed by atoms with Gasteiger partial charge >= 0.3 is 0 Å². The first kappa shape index (κ1) is 16.5. The Bertz CT molecular complexity index is 556. The summed E-state index contributed by atoms with van der Waals surface area (Å²) in [5, 5.41) is 4.87. The average molecular weight is 373 g/mol. The van der Waals surface area contributed by atoms with E-state index in [9.17, 15) is 9.59 Å². The van der Waals surface area contributed by atoms with Crippen molar-refractivity contribution in [1.82, 2.24) is 10.2 Å². The van der Waals surface area contributed by atoms with Gasteiger partial charge in [-0.3, -0.25) is 9.59 Å². The summed E-state index contributed by atoms with van der Waals surface area (Å²) in [7, 11) is 0. The predicted molar refractivity (Wildman–Crippen MR) is 88.0 cm³/mol. The molecule has 2 amide bonds. The lowest BCUT2D eigenvalue weighted by atomic mass is 9.89. The summed E-state index contributed by atoms with van der Waals surface area (Å²) < 4.78 is 0.988. The molecule has 2 heterocycles. The Hall–Kier alpha value is -0.880. The van der Waals surface area contributed by atoms with Gasteiger partial charge in [-0.2, -0.15) is 0 Å². The third-order valence-corrected chi connectivity index (χ3v) is 6.17. The Morgan fingerprint density at radius 1 is 1.48 bits per heavy atom. The van der Waals surface area contributed by atoms with Gasteiger partial charge in [-0.15, -0.1) is 11.3 Å². The van der Waals surface area contributed by atoms with Crippen LogP contribution in [0.5, 0.6) is 0 Å². The number of halogens is 1. The van der Waals surface area contributed by atoms with Crippen LogP contribution in [0.4, 0.5) is 0 Å². The van der Waals surface area contributed by atoms with Crippen LogP contribution < -0.4 is 5.32 Å². The number of carbonyl (C=O) groups excluding carboxylic acids is 2. The highest BCUT2D eigenvalue weighted by atomic mass is 79.9. The Morgan fingerprint density at radius 3 is 2.67 bits per heavy atom. The summed E-state index contributed by atoms with van der Waals surface area (Å²) in [6.45, 7) is 8.10. The zero-order valence-electron chi connectivity index (χ0n) is 12.8. The number of nitrogens with one attached hydrogen (secondary N) is 1. The minimum absolute atomic E-state index is 0.00856. The molecule has 1 aromatic heterocycles. The van der Waals surface area contributed by atoms with Gasteiger partial charge < -0.3 is 10.2 Å². The highest BCUT2D eigenvalue weighted by molar-refractivity contribution is 9.10. The molecule has 1 aliphatic heterocycles. The van der Waals surface area contributed by atoms with Crippen LogP contribution in [0.3, 0.4) is 0 Å². The molecule has 6 heteroatoms. The van der Waals surface area contributed by atoms with Crippen molar-refractivity contribution in [2.75, 3.05) is 0 Å². The summed E-state index contributed by atoms with van der Waals surface area (Å²) in [6.07, 6.45) is 0.855. The maximum absolute atomic E-state index is 12.8. The molecule has 4 nitrogen and oxygen atoms in total. The highest BCUT2D eigenvalue weighted by Gasteiger charge is 2.47. The van der Waals surface area contributed by atoms with E-state index in [1.54, 1.807) is 30.1 Å². The molecular weight excluding hydrogens is 352 g/mol. The Labute approximate surface area is 138 Å². The van der Waals surface area contributed by atoms with Gasteiger partial charge in [0.15, 0.2) is 0 Å². The Kier molecular flexibility index (Phi) is 4.78. The first-order valence-electron chi connectivity index (χ1n) is 7.13. The van der Waals surface area contributed by atoms with E-state index >= 15 is 0 Å². The summed E-state index contributed by atoms with van der Waals surface area (Å²) in [4.78, 5) is 28.0. The molecule has 0 aliphatic carbocycles. The number of carbonyl (C=O) groups is 2. The van der Waals surface area contributed by atoms with Crippen LogP contribution in [-0.2, 0) is 16.1 Å². The number of hydrogen-bond acceptors (Lipinski definition) is 3. The molecule has 1 N–H and O–H groups in total. The number of nitrogens with zero attached hydrogens (tertiary/aromatic N) is 1. The van der Waals surface area contributed by atoms with Crippen LogP contribution in [0.2, 0.25) is 0 Å². The van der Waals surface area contributed by atoms with Crippen molar-refractivity contribution in [2.24, 2.45) is 5.92 Å². The molecule has 0 spiro atoms. The van der Waals surface area contributed by atoms with E-state index in [2.05, 4.69) is 21.2 Å². The SMILES string of the molecule is CCC(C)C1NC(=O)C(C)(C)N(Cc2sccc2Br)C1=O. The molecule has 0 saturated carbocycles. The van der Waals surface area contributed by atoms with Gasteiger partial charge in [-0.25, -0.2) is 0 Å². The number of piperazine rings is 1. The van der Waals surface area contributed by atoms with Gasteiger partial charge in [0.1, 0.15) is 11.6 Å². The van der Waals surface area contributed by atoms with Gasteiger partial charge in [0.05, 0.1) is 6.54 Å².